The highest BCUT2D eigenvalue weighted by molar-refractivity contribution is 9.10. The number of halogens is 1. The van der Waals surface area contributed by atoms with Gasteiger partial charge in [-0.25, -0.2) is 9.97 Å². The molecule has 0 bridgehead atoms. The molecule has 1 N–H and O–H groups in total. The number of nitrogens with one attached hydrogen (secondary N) is 1. The summed E-state index contributed by atoms with van der Waals surface area (Å²) in [5, 5.41) is 3.27. The van der Waals surface area contributed by atoms with Crippen LogP contribution in [0.5, 0.6) is 0 Å². The maximum absolute atomic E-state index is 4.58. The van der Waals surface area contributed by atoms with E-state index < -0.39 is 0 Å². The third-order valence-electron chi connectivity index (χ3n) is 2.23. The summed E-state index contributed by atoms with van der Waals surface area (Å²) in [7, 11) is 0. The Bertz CT molecular complexity index is 350. The SMILES string of the molecule is CCNc1nc(CC)nc(CC(C)C)c1Br. The summed E-state index contributed by atoms with van der Waals surface area (Å²) in [6.45, 7) is 9.43. The minimum atomic E-state index is 0.602. The van der Waals surface area contributed by atoms with Crippen LogP contribution in [0.15, 0.2) is 4.47 Å². The molecule has 0 saturated heterocycles. The van der Waals surface area contributed by atoms with Crippen LogP contribution >= 0.6 is 15.9 Å². The maximum Gasteiger partial charge on any atom is 0.144 e. The fourth-order valence-electron chi connectivity index (χ4n) is 1.51. The summed E-state index contributed by atoms with van der Waals surface area (Å²) in [6, 6.07) is 0. The largest absolute Gasteiger partial charge is 0.369 e. The monoisotopic (exact) mass is 285 g/mol. The van der Waals surface area contributed by atoms with Gasteiger partial charge < -0.3 is 5.32 Å². The highest BCUT2D eigenvalue weighted by Crippen LogP contribution is 2.25. The van der Waals surface area contributed by atoms with E-state index in [1.54, 1.807) is 0 Å². The Labute approximate surface area is 106 Å². The van der Waals surface area contributed by atoms with Crippen LogP contribution in [0.25, 0.3) is 0 Å². The van der Waals surface area contributed by atoms with Crippen molar-refractivity contribution in [3.63, 3.8) is 0 Å². The van der Waals surface area contributed by atoms with E-state index in [0.717, 1.165) is 41.2 Å². The fourth-order valence-corrected chi connectivity index (χ4v) is 1.99. The zero-order valence-corrected chi connectivity index (χ0v) is 12.1. The summed E-state index contributed by atoms with van der Waals surface area (Å²) in [5.74, 6) is 2.44. The van der Waals surface area contributed by atoms with Gasteiger partial charge in [0.2, 0.25) is 0 Å². The number of aromatic nitrogens is 2. The Morgan fingerprint density at radius 3 is 2.44 bits per heavy atom. The van der Waals surface area contributed by atoms with Crippen molar-refractivity contribution in [3.8, 4) is 0 Å². The first-order valence-electron chi connectivity index (χ1n) is 5.87. The lowest BCUT2D eigenvalue weighted by Gasteiger charge is -2.12. The van der Waals surface area contributed by atoms with Crippen LogP contribution in [0.2, 0.25) is 0 Å². The Morgan fingerprint density at radius 1 is 1.25 bits per heavy atom. The Kier molecular flexibility index (Phi) is 5.19. The van der Waals surface area contributed by atoms with Gasteiger partial charge in [-0.15, -0.1) is 0 Å². The van der Waals surface area contributed by atoms with Crippen LogP contribution in [-0.2, 0) is 12.8 Å². The van der Waals surface area contributed by atoms with E-state index in [-0.39, 0.29) is 0 Å². The number of aryl methyl sites for hydroxylation is 1. The van der Waals surface area contributed by atoms with Gasteiger partial charge in [0.25, 0.3) is 0 Å². The summed E-state index contributed by atoms with van der Waals surface area (Å²) in [6.07, 6.45) is 1.85. The van der Waals surface area contributed by atoms with Gasteiger partial charge >= 0.3 is 0 Å². The van der Waals surface area contributed by atoms with E-state index in [9.17, 15) is 0 Å². The van der Waals surface area contributed by atoms with Crippen molar-refractivity contribution in [2.45, 2.75) is 40.5 Å². The van der Waals surface area contributed by atoms with Gasteiger partial charge in [-0.05, 0) is 35.2 Å². The third-order valence-corrected chi connectivity index (χ3v) is 3.06. The molecular formula is C12H20BrN3. The van der Waals surface area contributed by atoms with Crippen LogP contribution in [0.4, 0.5) is 5.82 Å². The van der Waals surface area contributed by atoms with Crippen molar-refractivity contribution in [2.75, 3.05) is 11.9 Å². The fraction of sp³-hybridized carbons (Fsp3) is 0.667. The lowest BCUT2D eigenvalue weighted by atomic mass is 10.1. The van der Waals surface area contributed by atoms with Crippen LogP contribution in [-0.4, -0.2) is 16.5 Å². The normalized spacial score (nSPS) is 10.9. The summed E-state index contributed by atoms with van der Waals surface area (Å²) < 4.78 is 1.01. The van der Waals surface area contributed by atoms with E-state index in [0.29, 0.717) is 5.92 Å². The van der Waals surface area contributed by atoms with Gasteiger partial charge in [-0.2, -0.15) is 0 Å². The van der Waals surface area contributed by atoms with Crippen molar-refractivity contribution in [1.29, 1.82) is 0 Å². The molecule has 4 heteroatoms. The average Bonchev–Trinajstić information content (AvgIpc) is 2.23. The third kappa shape index (κ3) is 3.44. The van der Waals surface area contributed by atoms with E-state index in [2.05, 4.69) is 58.9 Å². The molecule has 0 fully saturated rings. The molecule has 1 aromatic heterocycles. The van der Waals surface area contributed by atoms with Crippen molar-refractivity contribution >= 4 is 21.7 Å². The Morgan fingerprint density at radius 2 is 1.94 bits per heavy atom. The molecule has 0 aliphatic rings. The molecule has 16 heavy (non-hydrogen) atoms. The molecule has 3 nitrogen and oxygen atoms in total. The molecular weight excluding hydrogens is 266 g/mol. The summed E-state index contributed by atoms with van der Waals surface area (Å²) in [4.78, 5) is 9.06. The van der Waals surface area contributed by atoms with Gasteiger partial charge in [0.1, 0.15) is 11.6 Å². The smallest absolute Gasteiger partial charge is 0.144 e. The minimum absolute atomic E-state index is 0.602. The molecule has 0 unspecified atom stereocenters. The molecule has 0 aromatic carbocycles. The van der Waals surface area contributed by atoms with Gasteiger partial charge in [0.15, 0.2) is 0 Å². The van der Waals surface area contributed by atoms with Crippen LogP contribution in [0, 0.1) is 5.92 Å². The molecule has 0 aliphatic heterocycles. The second-order valence-electron chi connectivity index (χ2n) is 4.23. The van der Waals surface area contributed by atoms with Crippen LogP contribution in [0.1, 0.15) is 39.2 Å². The quantitative estimate of drug-likeness (QED) is 0.901. The van der Waals surface area contributed by atoms with Gasteiger partial charge in [0.05, 0.1) is 10.2 Å². The Balaban J connectivity index is 3.09. The van der Waals surface area contributed by atoms with Gasteiger partial charge in [-0.3, -0.25) is 0 Å². The molecule has 1 heterocycles. The molecule has 1 aromatic rings. The van der Waals surface area contributed by atoms with Gasteiger partial charge in [0, 0.05) is 13.0 Å². The van der Waals surface area contributed by atoms with Crippen LogP contribution in [0.3, 0.4) is 0 Å². The zero-order chi connectivity index (χ0) is 12.1. The Hall–Kier alpha value is -0.640. The molecule has 1 rings (SSSR count). The van der Waals surface area contributed by atoms with E-state index in [1.807, 2.05) is 0 Å². The second kappa shape index (κ2) is 6.18. The standard InChI is InChI=1S/C12H20BrN3/c1-5-10-15-9(7-8(3)4)11(13)12(16-10)14-6-2/h8H,5-7H2,1-4H3,(H,14,15,16). The topological polar surface area (TPSA) is 37.8 Å². The van der Waals surface area contributed by atoms with Gasteiger partial charge in [-0.1, -0.05) is 20.8 Å². The van der Waals surface area contributed by atoms with E-state index in [1.165, 1.54) is 0 Å². The van der Waals surface area contributed by atoms with Crippen molar-refractivity contribution in [2.24, 2.45) is 5.92 Å². The maximum atomic E-state index is 4.58. The number of hydrogen-bond acceptors (Lipinski definition) is 3. The summed E-state index contributed by atoms with van der Waals surface area (Å²) in [5.41, 5.74) is 1.11. The van der Waals surface area contributed by atoms with Crippen molar-refractivity contribution < 1.29 is 0 Å². The van der Waals surface area contributed by atoms with Crippen LogP contribution < -0.4 is 5.32 Å². The zero-order valence-electron chi connectivity index (χ0n) is 10.5. The summed E-state index contributed by atoms with van der Waals surface area (Å²) >= 11 is 3.59. The first kappa shape index (κ1) is 13.4. The molecule has 0 saturated carbocycles. The molecule has 0 radical (unpaired) electrons. The number of anilines is 1. The van der Waals surface area contributed by atoms with Crippen molar-refractivity contribution in [3.05, 3.63) is 16.0 Å². The lowest BCUT2D eigenvalue weighted by Crippen LogP contribution is -2.09. The second-order valence-corrected chi connectivity index (χ2v) is 5.02. The van der Waals surface area contributed by atoms with Crippen molar-refractivity contribution in [1.82, 2.24) is 9.97 Å². The molecule has 0 spiro atoms. The first-order valence-corrected chi connectivity index (χ1v) is 6.66. The molecule has 0 aliphatic carbocycles. The molecule has 0 amide bonds. The minimum Gasteiger partial charge on any atom is -0.369 e. The van der Waals surface area contributed by atoms with E-state index >= 15 is 0 Å². The molecule has 90 valence electrons. The number of rotatable bonds is 5. The number of nitrogens with zero attached hydrogens (tertiary/aromatic N) is 2. The number of hydrogen-bond donors (Lipinski definition) is 1. The first-order chi connectivity index (χ1) is 7.58. The lowest BCUT2D eigenvalue weighted by molar-refractivity contribution is 0.628. The average molecular weight is 286 g/mol. The molecule has 0 atom stereocenters. The highest BCUT2D eigenvalue weighted by Gasteiger charge is 2.12. The predicted molar refractivity (Wildman–Crippen MR) is 71.8 cm³/mol. The predicted octanol–water partition coefficient (Wildman–Crippen LogP) is 3.43. The van der Waals surface area contributed by atoms with E-state index in [4.69, 9.17) is 0 Å². The highest BCUT2D eigenvalue weighted by atomic mass is 79.9.